The SMILES string of the molecule is C=CCNC(=O)C(=O)C(CCC(F)(F)F)NC(=O)[C@@H]1[C@@H](C(C)C)CCN1C(=O)[C@@H](NC(=O)N[C@H](C(=O)OC(C1CC1)C1CC1)C(C)C)C(C)(C)C. The first kappa shape index (κ1) is 41.8. The van der Waals surface area contributed by atoms with E-state index < -0.39 is 90.0 Å². The molecule has 3 aliphatic rings. The van der Waals surface area contributed by atoms with Crippen LogP contribution in [-0.2, 0) is 28.7 Å². The predicted octanol–water partition coefficient (Wildman–Crippen LogP) is 4.03. The van der Waals surface area contributed by atoms with Gasteiger partial charge in [-0.15, -0.1) is 6.58 Å². The average Bonchev–Trinajstić information content (AvgIpc) is 3.97. The van der Waals surface area contributed by atoms with Crippen molar-refractivity contribution in [2.45, 2.75) is 130 Å². The summed E-state index contributed by atoms with van der Waals surface area (Å²) in [5.41, 5.74) is -0.892. The molecule has 0 spiro atoms. The number of halogens is 3. The van der Waals surface area contributed by atoms with Crippen molar-refractivity contribution >= 4 is 35.5 Å². The van der Waals surface area contributed by atoms with Crippen LogP contribution in [0.2, 0.25) is 0 Å². The molecule has 0 aromatic rings. The highest BCUT2D eigenvalue weighted by molar-refractivity contribution is 6.38. The zero-order valence-corrected chi connectivity index (χ0v) is 30.9. The molecule has 0 bridgehead atoms. The minimum Gasteiger partial charge on any atom is -0.460 e. The van der Waals surface area contributed by atoms with Crippen LogP contribution in [0.15, 0.2) is 12.7 Å². The summed E-state index contributed by atoms with van der Waals surface area (Å²) in [7, 11) is 0. The summed E-state index contributed by atoms with van der Waals surface area (Å²) < 4.78 is 45.5. The zero-order valence-electron chi connectivity index (χ0n) is 30.9. The van der Waals surface area contributed by atoms with Gasteiger partial charge in [0.15, 0.2) is 0 Å². The number of carbonyl (C=O) groups excluding carboxylic acids is 6. The maximum absolute atomic E-state index is 14.3. The van der Waals surface area contributed by atoms with Gasteiger partial charge in [0.1, 0.15) is 24.2 Å². The monoisotopic (exact) mass is 727 g/mol. The van der Waals surface area contributed by atoms with E-state index in [1.54, 1.807) is 34.6 Å². The molecule has 2 aliphatic carbocycles. The van der Waals surface area contributed by atoms with Crippen LogP contribution < -0.4 is 21.3 Å². The van der Waals surface area contributed by atoms with Gasteiger partial charge < -0.3 is 30.9 Å². The van der Waals surface area contributed by atoms with E-state index in [0.29, 0.717) is 18.3 Å². The second kappa shape index (κ2) is 17.2. The van der Waals surface area contributed by atoms with E-state index in [-0.39, 0.29) is 31.0 Å². The molecule has 51 heavy (non-hydrogen) atoms. The number of hydrogen-bond donors (Lipinski definition) is 4. The Hall–Kier alpha value is -3.65. The van der Waals surface area contributed by atoms with E-state index in [0.717, 1.165) is 25.7 Å². The summed E-state index contributed by atoms with van der Waals surface area (Å²) in [4.78, 5) is 81.6. The molecule has 12 nitrogen and oxygen atoms in total. The van der Waals surface area contributed by atoms with Crippen LogP contribution in [-0.4, -0.2) is 89.9 Å². The van der Waals surface area contributed by atoms with Crippen molar-refractivity contribution in [2.24, 2.45) is 35.0 Å². The number of carbonyl (C=O) groups is 6. The summed E-state index contributed by atoms with van der Waals surface area (Å²) in [6.07, 6.45) is -1.45. The molecule has 5 amide bonds. The van der Waals surface area contributed by atoms with Gasteiger partial charge in [-0.25, -0.2) is 9.59 Å². The molecule has 0 aromatic heterocycles. The predicted molar refractivity (Wildman–Crippen MR) is 183 cm³/mol. The molecule has 1 aliphatic heterocycles. The van der Waals surface area contributed by atoms with Gasteiger partial charge in [0.2, 0.25) is 17.6 Å². The summed E-state index contributed by atoms with van der Waals surface area (Å²) in [5, 5.41) is 9.98. The number of nitrogens with one attached hydrogen (secondary N) is 4. The molecule has 5 atom stereocenters. The number of esters is 1. The number of nitrogens with zero attached hydrogens (tertiary/aromatic N) is 1. The summed E-state index contributed by atoms with van der Waals surface area (Å²) in [6, 6.07) is -5.96. The van der Waals surface area contributed by atoms with E-state index in [4.69, 9.17) is 4.74 Å². The number of Topliss-reactive ketones (excluding diaryl/α,β-unsaturated/α-hetero) is 1. The first-order chi connectivity index (χ1) is 23.7. The smallest absolute Gasteiger partial charge is 0.389 e. The van der Waals surface area contributed by atoms with Gasteiger partial charge in [-0.3, -0.25) is 19.2 Å². The van der Waals surface area contributed by atoms with Gasteiger partial charge in [0.05, 0.1) is 6.04 Å². The zero-order chi connectivity index (χ0) is 38.4. The molecule has 0 radical (unpaired) electrons. The van der Waals surface area contributed by atoms with Crippen LogP contribution in [0.1, 0.15) is 93.4 Å². The number of urea groups is 1. The molecule has 15 heteroatoms. The Morgan fingerprint density at radius 1 is 0.902 bits per heavy atom. The Morgan fingerprint density at radius 3 is 1.96 bits per heavy atom. The van der Waals surface area contributed by atoms with Crippen LogP contribution in [0.4, 0.5) is 18.0 Å². The van der Waals surface area contributed by atoms with Crippen molar-refractivity contribution in [3.05, 3.63) is 12.7 Å². The molecule has 1 unspecified atom stereocenters. The number of ketones is 1. The van der Waals surface area contributed by atoms with E-state index in [2.05, 4.69) is 27.8 Å². The van der Waals surface area contributed by atoms with Gasteiger partial charge in [0, 0.05) is 19.5 Å². The fourth-order valence-corrected chi connectivity index (χ4v) is 6.60. The lowest BCUT2D eigenvalue weighted by Crippen LogP contribution is -2.62. The number of amides is 5. The third kappa shape index (κ3) is 11.9. The number of ether oxygens (including phenoxy) is 1. The molecule has 4 N–H and O–H groups in total. The number of hydrogen-bond acceptors (Lipinski definition) is 7. The standard InChI is InChI=1S/C36H56F3N5O7/c1-9-17-40-31(47)27(45)24(14-16-36(37,38)39)41-30(46)26-23(19(2)3)15-18-44(26)32(48)29(35(6,7)8)43-34(50)42-25(20(4)5)33(49)51-28(21-10-11-21)22-12-13-22/h9,19-26,28-29H,1,10-18H2,2-8H3,(H,40,47)(H,41,46)(H2,42,43,50)/t23-,24?,25+,26+,29-/m1/s1. The molecule has 3 fully saturated rings. The molecule has 2 saturated carbocycles. The molecule has 3 rings (SSSR count). The third-order valence-corrected chi connectivity index (χ3v) is 9.85. The summed E-state index contributed by atoms with van der Waals surface area (Å²) in [6.45, 7) is 15.8. The summed E-state index contributed by atoms with van der Waals surface area (Å²) >= 11 is 0. The van der Waals surface area contributed by atoms with E-state index >= 15 is 0 Å². The van der Waals surface area contributed by atoms with E-state index in [1.807, 2.05) is 13.8 Å². The van der Waals surface area contributed by atoms with Gasteiger partial charge in [-0.05, 0) is 73.5 Å². The lowest BCUT2D eigenvalue weighted by atomic mass is 9.84. The first-order valence-electron chi connectivity index (χ1n) is 18.0. The second-order valence-corrected chi connectivity index (χ2v) is 16.0. The van der Waals surface area contributed by atoms with Crippen molar-refractivity contribution in [3.8, 4) is 0 Å². The minimum atomic E-state index is -4.66. The lowest BCUT2D eigenvalue weighted by molar-refractivity contribution is -0.155. The van der Waals surface area contributed by atoms with Crippen LogP contribution in [0.25, 0.3) is 0 Å². The Balaban J connectivity index is 1.81. The quantitative estimate of drug-likeness (QED) is 0.0999. The van der Waals surface area contributed by atoms with Gasteiger partial charge in [0.25, 0.3) is 5.91 Å². The maximum atomic E-state index is 14.3. The fourth-order valence-electron chi connectivity index (χ4n) is 6.60. The Bertz CT molecular complexity index is 1290. The van der Waals surface area contributed by atoms with Crippen molar-refractivity contribution < 1.29 is 46.7 Å². The number of rotatable bonds is 17. The molecular weight excluding hydrogens is 671 g/mol. The number of alkyl halides is 3. The Morgan fingerprint density at radius 2 is 1.49 bits per heavy atom. The topological polar surface area (TPSA) is 163 Å². The van der Waals surface area contributed by atoms with Crippen LogP contribution in [0.3, 0.4) is 0 Å². The molecule has 288 valence electrons. The summed E-state index contributed by atoms with van der Waals surface area (Å²) in [5.74, 6) is -4.69. The Labute approximate surface area is 298 Å². The van der Waals surface area contributed by atoms with E-state index in [9.17, 15) is 41.9 Å². The van der Waals surface area contributed by atoms with Crippen molar-refractivity contribution in [2.75, 3.05) is 13.1 Å². The molecule has 1 heterocycles. The second-order valence-electron chi connectivity index (χ2n) is 16.0. The van der Waals surface area contributed by atoms with Crippen LogP contribution in [0.5, 0.6) is 0 Å². The highest BCUT2D eigenvalue weighted by Crippen LogP contribution is 2.46. The normalized spacial score (nSPS) is 21.2. The highest BCUT2D eigenvalue weighted by atomic mass is 19.4. The highest BCUT2D eigenvalue weighted by Gasteiger charge is 2.49. The molecule has 0 aromatic carbocycles. The van der Waals surface area contributed by atoms with Gasteiger partial charge >= 0.3 is 18.2 Å². The van der Waals surface area contributed by atoms with E-state index in [1.165, 1.54) is 11.0 Å². The van der Waals surface area contributed by atoms with Crippen molar-refractivity contribution in [1.82, 2.24) is 26.2 Å². The molecular formula is C36H56F3N5O7. The number of likely N-dealkylation sites (tertiary alicyclic amines) is 1. The van der Waals surface area contributed by atoms with Gasteiger partial charge in [-0.2, -0.15) is 13.2 Å². The molecule has 1 saturated heterocycles. The minimum absolute atomic E-state index is 0.0985. The van der Waals surface area contributed by atoms with Gasteiger partial charge in [-0.1, -0.05) is 54.5 Å². The largest absolute Gasteiger partial charge is 0.460 e. The average molecular weight is 728 g/mol. The van der Waals surface area contributed by atoms with Crippen molar-refractivity contribution in [3.63, 3.8) is 0 Å². The maximum Gasteiger partial charge on any atom is 0.389 e. The Kier molecular flexibility index (Phi) is 14.1. The fraction of sp³-hybridized carbons (Fsp3) is 0.778. The van der Waals surface area contributed by atoms with Crippen molar-refractivity contribution in [1.29, 1.82) is 0 Å². The van der Waals surface area contributed by atoms with Crippen LogP contribution in [0, 0.1) is 35.0 Å². The third-order valence-electron chi connectivity index (χ3n) is 9.85. The lowest BCUT2D eigenvalue weighted by Gasteiger charge is -2.37. The van der Waals surface area contributed by atoms with Crippen LogP contribution >= 0.6 is 0 Å². The first-order valence-corrected chi connectivity index (χ1v) is 18.0.